The van der Waals surface area contributed by atoms with E-state index in [1.165, 1.54) is 22.9 Å². The van der Waals surface area contributed by atoms with Gasteiger partial charge < -0.3 is 9.84 Å². The molecule has 1 aliphatic carbocycles. The topological polar surface area (TPSA) is 47.3 Å². The average molecular weight is 312 g/mol. The SMILES string of the molecule is OCC1CC=C(c2ccc3c(cnn3C3CCCCO3)c2)CC1. The zero-order chi connectivity index (χ0) is 15.6. The van der Waals surface area contributed by atoms with Crippen LogP contribution in [0.15, 0.2) is 30.5 Å². The molecule has 0 bridgehead atoms. The summed E-state index contributed by atoms with van der Waals surface area (Å²) in [4.78, 5) is 0. The third kappa shape index (κ3) is 2.93. The van der Waals surface area contributed by atoms with Gasteiger partial charge in [-0.25, -0.2) is 4.68 Å². The van der Waals surface area contributed by atoms with Crippen LogP contribution in [0.2, 0.25) is 0 Å². The number of aliphatic hydroxyl groups is 1. The average Bonchev–Trinajstić information content (AvgIpc) is 3.06. The number of fused-ring (bicyclic) bond motifs is 1. The van der Waals surface area contributed by atoms with E-state index in [0.717, 1.165) is 44.2 Å². The fourth-order valence-electron chi connectivity index (χ4n) is 3.72. The number of hydrogen-bond donors (Lipinski definition) is 1. The molecule has 4 rings (SSSR count). The predicted octanol–water partition coefficient (Wildman–Crippen LogP) is 3.91. The summed E-state index contributed by atoms with van der Waals surface area (Å²) in [6.07, 6.45) is 10.9. The van der Waals surface area contributed by atoms with Crippen LogP contribution in [0.25, 0.3) is 16.5 Å². The predicted molar refractivity (Wildman–Crippen MR) is 91.0 cm³/mol. The van der Waals surface area contributed by atoms with E-state index in [4.69, 9.17) is 4.74 Å². The Hall–Kier alpha value is -1.65. The molecule has 0 radical (unpaired) electrons. The quantitative estimate of drug-likeness (QED) is 0.934. The lowest BCUT2D eigenvalue weighted by Gasteiger charge is -2.23. The van der Waals surface area contributed by atoms with Gasteiger partial charge in [-0.2, -0.15) is 5.10 Å². The molecule has 2 aliphatic rings. The van der Waals surface area contributed by atoms with Crippen molar-refractivity contribution in [3.8, 4) is 0 Å². The Morgan fingerprint density at radius 2 is 2.22 bits per heavy atom. The summed E-state index contributed by atoms with van der Waals surface area (Å²) in [7, 11) is 0. The Kier molecular flexibility index (Phi) is 4.19. The minimum Gasteiger partial charge on any atom is -0.396 e. The summed E-state index contributed by atoms with van der Waals surface area (Å²) in [5.74, 6) is 0.439. The van der Waals surface area contributed by atoms with E-state index in [0.29, 0.717) is 12.5 Å². The van der Waals surface area contributed by atoms with Gasteiger partial charge in [0, 0.05) is 18.6 Å². The number of rotatable bonds is 3. The molecule has 2 heterocycles. The zero-order valence-corrected chi connectivity index (χ0v) is 13.4. The van der Waals surface area contributed by atoms with Gasteiger partial charge >= 0.3 is 0 Å². The molecule has 2 aromatic rings. The maximum Gasteiger partial charge on any atom is 0.150 e. The molecule has 1 fully saturated rings. The molecule has 4 heteroatoms. The molecule has 0 spiro atoms. The van der Waals surface area contributed by atoms with E-state index in [2.05, 4.69) is 29.4 Å². The van der Waals surface area contributed by atoms with E-state index in [-0.39, 0.29) is 6.23 Å². The van der Waals surface area contributed by atoms with Gasteiger partial charge in [0.2, 0.25) is 0 Å². The highest BCUT2D eigenvalue weighted by atomic mass is 16.5. The molecule has 4 nitrogen and oxygen atoms in total. The minimum absolute atomic E-state index is 0.0892. The largest absolute Gasteiger partial charge is 0.396 e. The van der Waals surface area contributed by atoms with Crippen LogP contribution in [0.1, 0.15) is 50.3 Å². The van der Waals surface area contributed by atoms with Crippen LogP contribution in [0, 0.1) is 5.92 Å². The van der Waals surface area contributed by atoms with Crippen molar-refractivity contribution in [2.45, 2.75) is 44.8 Å². The standard InChI is InChI=1S/C19H24N2O2/c22-13-14-4-6-15(7-5-14)16-8-9-18-17(11-16)12-20-21(18)19-3-1-2-10-23-19/h6,8-9,11-12,14,19,22H,1-5,7,10,13H2. The van der Waals surface area contributed by atoms with Crippen molar-refractivity contribution < 1.29 is 9.84 Å². The molecular weight excluding hydrogens is 288 g/mol. The van der Waals surface area contributed by atoms with Gasteiger partial charge in [-0.15, -0.1) is 0 Å². The van der Waals surface area contributed by atoms with E-state index >= 15 is 0 Å². The van der Waals surface area contributed by atoms with Gasteiger partial charge in [0.1, 0.15) is 0 Å². The molecule has 2 atom stereocenters. The molecular formula is C19H24N2O2. The molecule has 2 unspecified atom stereocenters. The van der Waals surface area contributed by atoms with Gasteiger partial charge in [0.15, 0.2) is 6.23 Å². The van der Waals surface area contributed by atoms with Crippen LogP contribution >= 0.6 is 0 Å². The molecule has 0 amide bonds. The first-order valence-electron chi connectivity index (χ1n) is 8.74. The number of benzene rings is 1. The van der Waals surface area contributed by atoms with E-state index < -0.39 is 0 Å². The van der Waals surface area contributed by atoms with Crippen LogP contribution in [-0.2, 0) is 4.74 Å². The summed E-state index contributed by atoms with van der Waals surface area (Å²) in [6.45, 7) is 1.14. The number of nitrogens with zero attached hydrogens (tertiary/aromatic N) is 2. The number of aromatic nitrogens is 2. The highest BCUT2D eigenvalue weighted by molar-refractivity contribution is 5.83. The maximum atomic E-state index is 9.26. The van der Waals surface area contributed by atoms with Crippen molar-refractivity contribution in [3.05, 3.63) is 36.0 Å². The van der Waals surface area contributed by atoms with Gasteiger partial charge in [-0.05, 0) is 67.7 Å². The second-order valence-corrected chi connectivity index (χ2v) is 6.74. The smallest absolute Gasteiger partial charge is 0.150 e. The van der Waals surface area contributed by atoms with Crippen molar-refractivity contribution in [1.29, 1.82) is 0 Å². The maximum absolute atomic E-state index is 9.26. The molecule has 1 aliphatic heterocycles. The molecule has 1 saturated heterocycles. The monoisotopic (exact) mass is 312 g/mol. The molecule has 1 N–H and O–H groups in total. The number of hydrogen-bond acceptors (Lipinski definition) is 3. The van der Waals surface area contributed by atoms with Crippen LogP contribution in [0.3, 0.4) is 0 Å². The van der Waals surface area contributed by atoms with Gasteiger partial charge in [-0.1, -0.05) is 12.1 Å². The first-order valence-corrected chi connectivity index (χ1v) is 8.74. The second kappa shape index (κ2) is 6.46. The van der Waals surface area contributed by atoms with E-state index in [9.17, 15) is 5.11 Å². The Morgan fingerprint density at radius 1 is 1.26 bits per heavy atom. The highest BCUT2D eigenvalue weighted by Gasteiger charge is 2.19. The molecule has 0 saturated carbocycles. The summed E-state index contributed by atoms with van der Waals surface area (Å²) in [5, 5.41) is 15.0. The van der Waals surface area contributed by atoms with Crippen LogP contribution < -0.4 is 0 Å². The summed E-state index contributed by atoms with van der Waals surface area (Å²) >= 11 is 0. The summed E-state index contributed by atoms with van der Waals surface area (Å²) in [5.41, 5.74) is 3.85. The number of aliphatic hydroxyl groups excluding tert-OH is 1. The molecule has 122 valence electrons. The second-order valence-electron chi connectivity index (χ2n) is 6.74. The van der Waals surface area contributed by atoms with Crippen molar-refractivity contribution >= 4 is 16.5 Å². The summed E-state index contributed by atoms with van der Waals surface area (Å²) < 4.78 is 7.90. The third-order valence-corrected chi connectivity index (χ3v) is 5.17. The van der Waals surface area contributed by atoms with Crippen LogP contribution in [0.4, 0.5) is 0 Å². The summed E-state index contributed by atoms with van der Waals surface area (Å²) in [6, 6.07) is 6.62. The van der Waals surface area contributed by atoms with Crippen LogP contribution in [0.5, 0.6) is 0 Å². The van der Waals surface area contributed by atoms with E-state index in [1.807, 2.05) is 10.9 Å². The lowest BCUT2D eigenvalue weighted by atomic mass is 9.87. The Bertz CT molecular complexity index is 713. The van der Waals surface area contributed by atoms with Crippen molar-refractivity contribution in [1.82, 2.24) is 9.78 Å². The number of allylic oxidation sites excluding steroid dienone is 2. The number of ether oxygens (including phenoxy) is 1. The fraction of sp³-hybridized carbons (Fsp3) is 0.526. The van der Waals surface area contributed by atoms with Crippen LogP contribution in [-0.4, -0.2) is 28.1 Å². The van der Waals surface area contributed by atoms with Crippen molar-refractivity contribution in [3.63, 3.8) is 0 Å². The van der Waals surface area contributed by atoms with Crippen molar-refractivity contribution in [2.24, 2.45) is 5.92 Å². The minimum atomic E-state index is 0.0892. The lowest BCUT2D eigenvalue weighted by Crippen LogP contribution is -2.18. The first kappa shape index (κ1) is 14.9. The third-order valence-electron chi connectivity index (χ3n) is 5.17. The molecule has 1 aromatic heterocycles. The Morgan fingerprint density at radius 3 is 2.96 bits per heavy atom. The Labute approximate surface area is 136 Å². The van der Waals surface area contributed by atoms with Gasteiger partial charge in [-0.3, -0.25) is 0 Å². The van der Waals surface area contributed by atoms with Gasteiger partial charge in [0.05, 0.1) is 11.7 Å². The molecule has 23 heavy (non-hydrogen) atoms. The van der Waals surface area contributed by atoms with E-state index in [1.54, 1.807) is 0 Å². The molecule has 1 aromatic carbocycles. The zero-order valence-electron chi connectivity index (χ0n) is 13.4. The first-order chi connectivity index (χ1) is 11.3. The normalized spacial score (nSPS) is 25.5. The Balaban J connectivity index is 1.61. The highest BCUT2D eigenvalue weighted by Crippen LogP contribution is 2.32. The van der Waals surface area contributed by atoms with Gasteiger partial charge in [0.25, 0.3) is 0 Å². The van der Waals surface area contributed by atoms with Crippen molar-refractivity contribution in [2.75, 3.05) is 13.2 Å². The lowest BCUT2D eigenvalue weighted by molar-refractivity contribution is -0.0366. The fourth-order valence-corrected chi connectivity index (χ4v) is 3.72.